The van der Waals surface area contributed by atoms with Gasteiger partial charge in [0.05, 0.1) is 64.8 Å². The minimum absolute atomic E-state index is 0.0243. The van der Waals surface area contributed by atoms with E-state index >= 15 is 0 Å². The van der Waals surface area contributed by atoms with Crippen molar-refractivity contribution >= 4 is 17.3 Å². The lowest BCUT2D eigenvalue weighted by Crippen LogP contribution is -2.48. The Labute approximate surface area is 582 Å². The zero-order valence-electron chi connectivity index (χ0n) is 56.3. The minimum Gasteiger partial charge on any atom is -0.308 e. The molecule has 0 radical (unpaired) electrons. The number of hydrogen-bond donors (Lipinski definition) is 0. The van der Waals surface area contributed by atoms with Crippen molar-refractivity contribution < 1.29 is 14.4 Å². The first-order chi connectivity index (χ1) is 48.8. The van der Waals surface area contributed by atoms with Gasteiger partial charge in [-0.25, -0.2) is 29.5 Å². The second kappa shape index (κ2) is 25.8. The lowest BCUT2D eigenvalue weighted by Gasteiger charge is -2.47. The molecule has 0 spiro atoms. The summed E-state index contributed by atoms with van der Waals surface area (Å²) in [6.45, 7) is 31.2. The number of carbonyl (C=O) groups is 3. The van der Waals surface area contributed by atoms with Crippen LogP contribution in [0, 0.1) is 62.1 Å². The Morgan fingerprint density at radius 3 is 1.08 bits per heavy atom. The van der Waals surface area contributed by atoms with E-state index < -0.39 is 16.2 Å². The Morgan fingerprint density at radius 2 is 0.740 bits per heavy atom. The molecule has 5 aromatic heterocycles. The van der Waals surface area contributed by atoms with Gasteiger partial charge in [-0.05, 0) is 128 Å². The lowest BCUT2D eigenvalue weighted by atomic mass is 9.55. The summed E-state index contributed by atoms with van der Waals surface area (Å²) in [5.41, 5.74) is 13.4. The Kier molecular flexibility index (Phi) is 16.5. The van der Waals surface area contributed by atoms with Gasteiger partial charge in [0.1, 0.15) is 17.5 Å². The lowest BCUT2D eigenvalue weighted by molar-refractivity contribution is -0.122. The molecule has 0 saturated heterocycles. The van der Waals surface area contributed by atoms with Crippen LogP contribution < -0.4 is 0 Å². The van der Waals surface area contributed by atoms with Crippen molar-refractivity contribution in [2.45, 2.75) is 82.5 Å². The van der Waals surface area contributed by atoms with E-state index in [1.54, 1.807) is 17.1 Å². The predicted molar refractivity (Wildman–Crippen MR) is 385 cm³/mol. The van der Waals surface area contributed by atoms with Gasteiger partial charge in [-0.1, -0.05) is 185 Å². The van der Waals surface area contributed by atoms with E-state index in [0.29, 0.717) is 0 Å². The highest BCUT2D eigenvalue weighted by atomic mass is 16.1. The molecule has 11 aromatic rings. The number of aryl methyl sites for hydroxylation is 2. The molecule has 6 aliphatic carbocycles. The fourth-order valence-electron chi connectivity index (χ4n) is 17.6. The largest absolute Gasteiger partial charge is 0.308 e. The Morgan fingerprint density at radius 1 is 0.420 bits per heavy atom. The number of fused-ring (bicyclic) bond motifs is 9. The Hall–Kier alpha value is -12.0. The van der Waals surface area contributed by atoms with Gasteiger partial charge in [-0.15, -0.1) is 0 Å². The number of imidazole rings is 3. The Balaban J connectivity index is 0.000000122. The molecule has 15 heteroatoms. The summed E-state index contributed by atoms with van der Waals surface area (Å²) in [6.07, 6.45) is 18.2. The van der Waals surface area contributed by atoms with Gasteiger partial charge < -0.3 is 19.0 Å². The quantitative estimate of drug-likeness (QED) is 0.137. The molecular formula is C85H72N12O3. The number of Topliss-reactive ketones (excluding diaryl/α,β-unsaturated/α-hetero) is 3. The van der Waals surface area contributed by atoms with Crippen LogP contribution in [0.1, 0.15) is 96.7 Å². The van der Waals surface area contributed by atoms with Crippen LogP contribution in [-0.4, -0.2) is 60.8 Å². The smallest absolute Gasteiger partial charge is 0.226 e. The van der Waals surface area contributed by atoms with Crippen LogP contribution in [0.5, 0.6) is 0 Å². The fourth-order valence-corrected chi connectivity index (χ4v) is 17.6. The highest BCUT2D eigenvalue weighted by Gasteiger charge is 2.57. The van der Waals surface area contributed by atoms with Gasteiger partial charge in [0.2, 0.25) is 17.1 Å². The van der Waals surface area contributed by atoms with Gasteiger partial charge in [0, 0.05) is 83.1 Å². The van der Waals surface area contributed by atoms with Gasteiger partial charge >= 0.3 is 0 Å². The van der Waals surface area contributed by atoms with Gasteiger partial charge in [0.15, 0.2) is 17.3 Å². The standard InChI is InChI=1S/C30H24N4O.C29H25N5O.C26H23N3O/c1-20-24-13-14-26-28(30(24,19-25(31-2)27(20)35)22-9-5-3-6-10-22)33-29(21-15-17-32-18-16-21)34(26)23-11-7-4-8-12-23;1-19-23-14-15-25-27(29(23,16-24(30-2)26(19)35)21-10-6-4-7-11-21)32-28(20-17-31-33(3)18-20)34(25)22-12-8-5-9-13-22;1-17-21-14-15-23-25(28-18(2)29(23)20-12-8-5-9-13-20)26(21,16-22(27-3)24(17)30)19-10-6-4-7-11-19/h3-12,15-20,24H,13-14H2,1H3;4-13,16-19,23H,14-15H2,1,3H3;4-13,16-17,21H,14-15H2,1-2H3/t20-,24-,30+;19-,23-,29+;17-,21-,26+/m000/s1. The molecular weight excluding hydrogens is 1240 g/mol. The third-order valence-electron chi connectivity index (χ3n) is 22.1. The maximum Gasteiger partial charge on any atom is 0.226 e. The van der Waals surface area contributed by atoms with E-state index in [1.807, 2.05) is 187 Å². The molecule has 100 heavy (non-hydrogen) atoms. The van der Waals surface area contributed by atoms with Crippen molar-refractivity contribution in [3.05, 3.63) is 345 Å². The van der Waals surface area contributed by atoms with Crippen molar-refractivity contribution in [3.63, 3.8) is 0 Å². The number of allylic oxidation sites excluding steroid dienone is 6. The van der Waals surface area contributed by atoms with Gasteiger partial charge in [-0.2, -0.15) is 5.10 Å². The summed E-state index contributed by atoms with van der Waals surface area (Å²) >= 11 is 0. The molecule has 17 rings (SSSR count). The molecule has 0 saturated carbocycles. The summed E-state index contributed by atoms with van der Waals surface area (Å²) in [6, 6.07) is 65.6. The summed E-state index contributed by atoms with van der Waals surface area (Å²) in [7, 11) is 1.90. The summed E-state index contributed by atoms with van der Waals surface area (Å²) < 4.78 is 8.51. The summed E-state index contributed by atoms with van der Waals surface area (Å²) in [5.74, 6) is 1.86. The van der Waals surface area contributed by atoms with Crippen LogP contribution in [0.2, 0.25) is 0 Å². The monoisotopic (exact) mass is 1310 g/mol. The third kappa shape index (κ3) is 10.2. The number of nitrogens with zero attached hydrogens (tertiary/aromatic N) is 12. The van der Waals surface area contributed by atoms with E-state index in [0.717, 1.165) is 129 Å². The summed E-state index contributed by atoms with van der Waals surface area (Å²) in [5, 5.41) is 4.41. The molecule has 0 bridgehead atoms. The molecule has 0 N–H and O–H groups in total. The van der Waals surface area contributed by atoms with Crippen molar-refractivity contribution in [3.8, 4) is 39.8 Å². The van der Waals surface area contributed by atoms with Crippen LogP contribution in [0.15, 0.2) is 254 Å². The second-order valence-electron chi connectivity index (χ2n) is 27.1. The number of rotatable bonds is 8. The van der Waals surface area contributed by atoms with Crippen molar-refractivity contribution in [2.24, 2.45) is 42.6 Å². The molecule has 0 aliphatic heterocycles. The predicted octanol–water partition coefficient (Wildman–Crippen LogP) is 16.0. The number of pyridine rings is 1. The number of para-hydroxylation sites is 3. The maximum atomic E-state index is 13.1. The molecule has 0 fully saturated rings. The number of aromatic nitrogens is 9. The zero-order chi connectivity index (χ0) is 69.0. The van der Waals surface area contributed by atoms with Crippen LogP contribution in [0.25, 0.3) is 54.4 Å². The zero-order valence-corrected chi connectivity index (χ0v) is 56.3. The minimum atomic E-state index is -0.654. The van der Waals surface area contributed by atoms with Crippen LogP contribution in [-0.2, 0) is 56.9 Å². The fraction of sp³-hybridized carbons (Fsp3) is 0.235. The molecule has 490 valence electrons. The highest BCUT2D eigenvalue weighted by molar-refractivity contribution is 6.02. The van der Waals surface area contributed by atoms with E-state index in [4.69, 9.17) is 34.7 Å². The second-order valence-corrected chi connectivity index (χ2v) is 27.1. The Bertz CT molecular complexity index is 5220. The van der Waals surface area contributed by atoms with E-state index in [2.05, 4.69) is 111 Å². The van der Waals surface area contributed by atoms with Crippen LogP contribution >= 0.6 is 0 Å². The third-order valence-corrected chi connectivity index (χ3v) is 22.1. The van der Waals surface area contributed by atoms with E-state index in [9.17, 15) is 14.4 Å². The van der Waals surface area contributed by atoms with Crippen molar-refractivity contribution in [2.75, 3.05) is 0 Å². The van der Waals surface area contributed by atoms with Crippen LogP contribution in [0.4, 0.5) is 0 Å². The SMILES string of the molecule is [C-]#[N+]C1=C[C@]2(c3ccccc3)c3nc(-c4ccncc4)n(-c4ccccc4)c3CC[C@H]2[C@H](C)C1=O.[C-]#[N+]C1=C[C@]2(c3ccccc3)c3nc(-c4cnn(C)c4)n(-c4ccccc4)c3CC[C@H]2[C@H](C)C1=O.[C-]#[N+]C1=C[C@]2(c3ccccc3)c3nc(C)n(-c4ccccc4)c3CC[C@H]2[C@H](C)C1=O. The average molecular weight is 1310 g/mol. The first-order valence-corrected chi connectivity index (χ1v) is 34.3. The molecule has 15 nitrogen and oxygen atoms in total. The first-order valence-electron chi connectivity index (χ1n) is 34.3. The number of carbonyl (C=O) groups excluding carboxylic acids is 3. The molecule has 0 unspecified atom stereocenters. The average Bonchev–Trinajstić information content (AvgIpc) is 1.40. The normalized spacial score (nSPS) is 23.7. The summed E-state index contributed by atoms with van der Waals surface area (Å²) in [4.78, 5) is 70.0. The highest BCUT2D eigenvalue weighted by Crippen LogP contribution is 2.58. The molecule has 5 heterocycles. The van der Waals surface area contributed by atoms with E-state index in [1.165, 1.54) is 5.69 Å². The van der Waals surface area contributed by atoms with Gasteiger partial charge in [0.25, 0.3) is 0 Å². The molecule has 9 atom stereocenters. The van der Waals surface area contributed by atoms with Gasteiger partial charge in [-0.3, -0.25) is 18.8 Å². The van der Waals surface area contributed by atoms with E-state index in [-0.39, 0.29) is 69.9 Å². The number of ketones is 3. The topological polar surface area (TPSA) is 148 Å². The first kappa shape index (κ1) is 64.0. The van der Waals surface area contributed by atoms with Crippen molar-refractivity contribution in [1.82, 2.24) is 43.4 Å². The van der Waals surface area contributed by atoms with Crippen molar-refractivity contribution in [1.29, 1.82) is 0 Å². The number of hydrogen-bond acceptors (Lipinski definition) is 8. The molecule has 6 aliphatic rings. The van der Waals surface area contributed by atoms with Crippen LogP contribution in [0.3, 0.4) is 0 Å². The molecule has 6 aromatic carbocycles. The number of benzene rings is 6. The maximum absolute atomic E-state index is 13.1. The molecule has 0 amide bonds.